The lowest BCUT2D eigenvalue weighted by Crippen LogP contribution is -2.43. The van der Waals surface area contributed by atoms with Crippen LogP contribution in [-0.4, -0.2) is 37.0 Å². The molecule has 1 N–H and O–H groups in total. The fourth-order valence-corrected chi connectivity index (χ4v) is 3.55. The van der Waals surface area contributed by atoms with E-state index in [0.29, 0.717) is 17.4 Å². The molecular formula is C22H29ClN2O3. The van der Waals surface area contributed by atoms with Crippen molar-refractivity contribution in [3.63, 3.8) is 0 Å². The third-order valence-corrected chi connectivity index (χ3v) is 5.63. The molecule has 1 saturated heterocycles. The molecular weight excluding hydrogens is 376 g/mol. The molecule has 2 heterocycles. The molecule has 1 aromatic carbocycles. The number of hydrogen-bond acceptors (Lipinski definition) is 4. The predicted octanol–water partition coefficient (Wildman–Crippen LogP) is 4.77. The lowest BCUT2D eigenvalue weighted by molar-refractivity contribution is 0.0884. The Balaban J connectivity index is 1.61. The third kappa shape index (κ3) is 5.09. The predicted molar refractivity (Wildman–Crippen MR) is 111 cm³/mol. The van der Waals surface area contributed by atoms with Gasteiger partial charge in [-0.25, -0.2) is 0 Å². The zero-order valence-corrected chi connectivity index (χ0v) is 17.8. The highest BCUT2D eigenvalue weighted by molar-refractivity contribution is 6.31. The van der Waals surface area contributed by atoms with Gasteiger partial charge in [-0.2, -0.15) is 0 Å². The SMILES string of the molecule is Cc1cc(OCc2ccc(C(=O)NC3CCN(C)CC3)o2)c(C(C)C)cc1Cl. The van der Waals surface area contributed by atoms with Gasteiger partial charge in [0.2, 0.25) is 0 Å². The molecule has 1 fully saturated rings. The number of hydrogen-bond donors (Lipinski definition) is 1. The monoisotopic (exact) mass is 404 g/mol. The molecule has 0 spiro atoms. The van der Waals surface area contributed by atoms with Crippen molar-refractivity contribution in [2.75, 3.05) is 20.1 Å². The Morgan fingerprint density at radius 2 is 2.04 bits per heavy atom. The van der Waals surface area contributed by atoms with Gasteiger partial charge in [0.15, 0.2) is 5.76 Å². The molecule has 0 aliphatic carbocycles. The highest BCUT2D eigenvalue weighted by Gasteiger charge is 2.21. The summed E-state index contributed by atoms with van der Waals surface area (Å²) in [5.41, 5.74) is 2.03. The molecule has 1 amide bonds. The van der Waals surface area contributed by atoms with Crippen molar-refractivity contribution in [2.24, 2.45) is 0 Å². The van der Waals surface area contributed by atoms with Crippen molar-refractivity contribution in [2.45, 2.75) is 52.2 Å². The summed E-state index contributed by atoms with van der Waals surface area (Å²) in [6, 6.07) is 7.62. The van der Waals surface area contributed by atoms with Gasteiger partial charge < -0.3 is 19.4 Å². The van der Waals surface area contributed by atoms with Crippen LogP contribution in [0, 0.1) is 6.92 Å². The first kappa shape index (κ1) is 20.7. The molecule has 152 valence electrons. The van der Waals surface area contributed by atoms with Crippen LogP contribution in [-0.2, 0) is 6.61 Å². The summed E-state index contributed by atoms with van der Waals surface area (Å²) >= 11 is 6.25. The van der Waals surface area contributed by atoms with Crippen molar-refractivity contribution in [1.29, 1.82) is 0 Å². The largest absolute Gasteiger partial charge is 0.485 e. The lowest BCUT2D eigenvalue weighted by atomic mass is 10.0. The van der Waals surface area contributed by atoms with Gasteiger partial charge in [-0.05, 0) is 81.2 Å². The van der Waals surface area contributed by atoms with E-state index >= 15 is 0 Å². The molecule has 1 aliphatic heterocycles. The number of carbonyl (C=O) groups excluding carboxylic acids is 1. The van der Waals surface area contributed by atoms with E-state index < -0.39 is 0 Å². The normalized spacial score (nSPS) is 15.8. The molecule has 0 unspecified atom stereocenters. The zero-order chi connectivity index (χ0) is 20.3. The first-order valence-electron chi connectivity index (χ1n) is 9.84. The number of furan rings is 1. The average Bonchev–Trinajstić information content (AvgIpc) is 3.13. The molecule has 0 atom stereocenters. The van der Waals surface area contributed by atoms with Crippen LogP contribution in [0.5, 0.6) is 5.75 Å². The molecule has 0 bridgehead atoms. The Kier molecular flexibility index (Phi) is 6.68. The van der Waals surface area contributed by atoms with Crippen molar-refractivity contribution in [1.82, 2.24) is 10.2 Å². The number of rotatable bonds is 6. The molecule has 2 aromatic rings. The summed E-state index contributed by atoms with van der Waals surface area (Å²) in [5, 5.41) is 3.80. The quantitative estimate of drug-likeness (QED) is 0.753. The molecule has 1 aliphatic rings. The van der Waals surface area contributed by atoms with E-state index in [4.69, 9.17) is 20.8 Å². The zero-order valence-electron chi connectivity index (χ0n) is 17.0. The number of nitrogens with one attached hydrogen (secondary N) is 1. The van der Waals surface area contributed by atoms with Gasteiger partial charge >= 0.3 is 0 Å². The smallest absolute Gasteiger partial charge is 0.287 e. The van der Waals surface area contributed by atoms with Crippen LogP contribution in [0.4, 0.5) is 0 Å². The van der Waals surface area contributed by atoms with E-state index in [-0.39, 0.29) is 18.6 Å². The standard InChI is InChI=1S/C22H29ClN2O3/c1-14(2)18-12-19(23)15(3)11-21(18)27-13-17-5-6-20(28-17)22(26)24-16-7-9-25(4)10-8-16/h5-6,11-12,14,16H,7-10,13H2,1-4H3,(H,24,26). The van der Waals surface area contributed by atoms with Crippen LogP contribution in [0.25, 0.3) is 0 Å². The number of aryl methyl sites for hydroxylation is 1. The Hall–Kier alpha value is -1.98. The second-order valence-electron chi connectivity index (χ2n) is 7.90. The average molecular weight is 405 g/mol. The maximum Gasteiger partial charge on any atom is 0.287 e. The minimum Gasteiger partial charge on any atom is -0.485 e. The molecule has 6 heteroatoms. The van der Waals surface area contributed by atoms with Gasteiger partial charge in [-0.3, -0.25) is 4.79 Å². The van der Waals surface area contributed by atoms with Crippen LogP contribution in [0.2, 0.25) is 5.02 Å². The lowest BCUT2D eigenvalue weighted by Gasteiger charge is -2.29. The minimum absolute atomic E-state index is 0.161. The summed E-state index contributed by atoms with van der Waals surface area (Å²) < 4.78 is 11.7. The van der Waals surface area contributed by atoms with E-state index in [1.807, 2.05) is 19.1 Å². The topological polar surface area (TPSA) is 54.7 Å². The van der Waals surface area contributed by atoms with Crippen molar-refractivity contribution in [3.05, 3.63) is 51.9 Å². The maximum absolute atomic E-state index is 12.4. The maximum atomic E-state index is 12.4. The van der Waals surface area contributed by atoms with E-state index in [1.165, 1.54) is 0 Å². The van der Waals surface area contributed by atoms with Crippen LogP contribution in [0.1, 0.15) is 60.0 Å². The summed E-state index contributed by atoms with van der Waals surface area (Å²) in [6.07, 6.45) is 1.93. The molecule has 3 rings (SSSR count). The molecule has 5 nitrogen and oxygen atoms in total. The summed E-state index contributed by atoms with van der Waals surface area (Å²) in [5.74, 6) is 1.88. The number of nitrogens with zero attached hydrogens (tertiary/aromatic N) is 1. The first-order chi connectivity index (χ1) is 13.3. The fourth-order valence-electron chi connectivity index (χ4n) is 3.38. The second kappa shape index (κ2) is 9.01. The molecule has 0 radical (unpaired) electrons. The van der Waals surface area contributed by atoms with Crippen molar-refractivity contribution >= 4 is 17.5 Å². The van der Waals surface area contributed by atoms with Gasteiger partial charge in [-0.1, -0.05) is 25.4 Å². The molecule has 0 saturated carbocycles. The van der Waals surface area contributed by atoms with Crippen molar-refractivity contribution < 1.29 is 13.9 Å². The van der Waals surface area contributed by atoms with Crippen LogP contribution in [0.3, 0.4) is 0 Å². The third-order valence-electron chi connectivity index (χ3n) is 5.22. The summed E-state index contributed by atoms with van der Waals surface area (Å²) in [4.78, 5) is 14.7. The highest BCUT2D eigenvalue weighted by atomic mass is 35.5. The number of carbonyl (C=O) groups is 1. The van der Waals surface area contributed by atoms with Crippen molar-refractivity contribution in [3.8, 4) is 5.75 Å². The van der Waals surface area contributed by atoms with Crippen LogP contribution < -0.4 is 10.1 Å². The van der Waals surface area contributed by atoms with Gasteiger partial charge in [0.05, 0.1) is 0 Å². The number of likely N-dealkylation sites (tertiary alicyclic amines) is 1. The number of amides is 1. The number of halogens is 1. The van der Waals surface area contributed by atoms with Gasteiger partial charge in [0.25, 0.3) is 5.91 Å². The Morgan fingerprint density at radius 1 is 1.32 bits per heavy atom. The Labute approximate surface area is 172 Å². The van der Waals surface area contributed by atoms with Gasteiger partial charge in [0, 0.05) is 11.1 Å². The molecule has 28 heavy (non-hydrogen) atoms. The fraction of sp³-hybridized carbons (Fsp3) is 0.500. The van der Waals surface area contributed by atoms with Crippen LogP contribution in [0.15, 0.2) is 28.7 Å². The second-order valence-corrected chi connectivity index (χ2v) is 8.31. The number of benzene rings is 1. The van der Waals surface area contributed by atoms with E-state index in [2.05, 4.69) is 31.1 Å². The Bertz CT molecular complexity index is 823. The highest BCUT2D eigenvalue weighted by Crippen LogP contribution is 2.32. The Morgan fingerprint density at radius 3 is 2.71 bits per heavy atom. The van der Waals surface area contributed by atoms with E-state index in [9.17, 15) is 4.79 Å². The molecule has 1 aromatic heterocycles. The number of ether oxygens (including phenoxy) is 1. The van der Waals surface area contributed by atoms with Crippen LogP contribution >= 0.6 is 11.6 Å². The van der Waals surface area contributed by atoms with Gasteiger partial charge in [0.1, 0.15) is 18.1 Å². The first-order valence-corrected chi connectivity index (χ1v) is 10.2. The summed E-state index contributed by atoms with van der Waals surface area (Å²) in [7, 11) is 2.10. The van der Waals surface area contributed by atoms with Gasteiger partial charge in [-0.15, -0.1) is 0 Å². The summed E-state index contributed by atoms with van der Waals surface area (Å²) in [6.45, 7) is 8.43. The minimum atomic E-state index is -0.161. The van der Waals surface area contributed by atoms with E-state index in [0.717, 1.165) is 47.8 Å². The number of piperidine rings is 1. The van der Waals surface area contributed by atoms with E-state index in [1.54, 1.807) is 12.1 Å².